The lowest BCUT2D eigenvalue weighted by Crippen LogP contribution is -2.34. The van der Waals surface area contributed by atoms with Gasteiger partial charge in [0.05, 0.1) is 0 Å². The molecule has 4 nitrogen and oxygen atoms in total. The largest absolute Gasteiger partial charge is 0.478 e. The van der Waals surface area contributed by atoms with E-state index in [2.05, 4.69) is 0 Å². The lowest BCUT2D eigenvalue weighted by atomic mass is 10.1. The number of halogens is 2. The summed E-state index contributed by atoms with van der Waals surface area (Å²) in [6, 6.07) is 2.17. The first-order chi connectivity index (χ1) is 9.88. The van der Waals surface area contributed by atoms with Crippen molar-refractivity contribution in [2.24, 2.45) is 5.73 Å². The van der Waals surface area contributed by atoms with E-state index in [1.165, 1.54) is 17.0 Å². The van der Waals surface area contributed by atoms with Crippen molar-refractivity contribution >= 4 is 5.91 Å². The number of hydrogen-bond acceptors (Lipinski definition) is 3. The predicted octanol–water partition coefficient (Wildman–Crippen LogP) is 2.10. The molecule has 1 unspecified atom stereocenters. The summed E-state index contributed by atoms with van der Waals surface area (Å²) in [4.78, 5) is 13.3. The highest BCUT2D eigenvalue weighted by Gasteiger charge is 2.16. The van der Waals surface area contributed by atoms with E-state index in [9.17, 15) is 13.6 Å². The molecule has 1 rings (SSSR count). The molecule has 0 aromatic heterocycles. The van der Waals surface area contributed by atoms with Crippen molar-refractivity contribution in [3.05, 3.63) is 29.3 Å². The van der Waals surface area contributed by atoms with E-state index in [-0.39, 0.29) is 18.6 Å². The van der Waals surface area contributed by atoms with E-state index in [0.717, 1.165) is 0 Å². The van der Waals surface area contributed by atoms with Crippen molar-refractivity contribution < 1.29 is 18.3 Å². The molecule has 2 N–H and O–H groups in total. The maximum absolute atomic E-state index is 13.8. The third kappa shape index (κ3) is 4.97. The number of amides is 1. The Hall–Kier alpha value is -1.69. The predicted molar refractivity (Wildman–Crippen MR) is 77.1 cm³/mol. The zero-order valence-corrected chi connectivity index (χ0v) is 12.7. The van der Waals surface area contributed by atoms with Crippen molar-refractivity contribution in [3.8, 4) is 5.75 Å². The number of rotatable bonds is 7. The molecule has 1 atom stereocenters. The number of nitrogens with zero attached hydrogens (tertiary/aromatic N) is 1. The van der Waals surface area contributed by atoms with E-state index >= 15 is 0 Å². The van der Waals surface area contributed by atoms with Crippen LogP contribution in [0.5, 0.6) is 5.75 Å². The van der Waals surface area contributed by atoms with Gasteiger partial charge in [-0.2, -0.15) is 0 Å². The van der Waals surface area contributed by atoms with Crippen LogP contribution < -0.4 is 10.5 Å². The van der Waals surface area contributed by atoms with Crippen LogP contribution in [-0.2, 0) is 11.2 Å². The number of likely N-dealkylation sites (N-methyl/N-ethyl adjacent to an activating group) is 1. The zero-order valence-electron chi connectivity index (χ0n) is 12.7. The van der Waals surface area contributed by atoms with Crippen LogP contribution in [0.4, 0.5) is 8.78 Å². The maximum Gasteiger partial charge on any atom is 0.260 e. The summed E-state index contributed by atoms with van der Waals surface area (Å²) in [7, 11) is 0. The summed E-state index contributed by atoms with van der Waals surface area (Å²) in [5.74, 6) is -2.47. The van der Waals surface area contributed by atoms with Crippen LogP contribution in [0.2, 0.25) is 0 Å². The summed E-state index contributed by atoms with van der Waals surface area (Å²) in [5.41, 5.74) is 6.06. The molecular weight excluding hydrogens is 278 g/mol. The maximum atomic E-state index is 13.8. The van der Waals surface area contributed by atoms with Crippen molar-refractivity contribution in [3.63, 3.8) is 0 Å². The fraction of sp³-hybridized carbons (Fsp3) is 0.533. The quantitative estimate of drug-likeness (QED) is 0.839. The highest BCUT2D eigenvalue weighted by molar-refractivity contribution is 5.77. The Morgan fingerprint density at radius 2 is 1.81 bits per heavy atom. The molecule has 6 heteroatoms. The minimum Gasteiger partial charge on any atom is -0.478 e. The first kappa shape index (κ1) is 17.4. The first-order valence-electron chi connectivity index (χ1n) is 7.03. The molecule has 1 aromatic carbocycles. The Labute approximate surface area is 123 Å². The van der Waals surface area contributed by atoms with Crippen molar-refractivity contribution in [2.75, 3.05) is 19.7 Å². The van der Waals surface area contributed by atoms with Crippen molar-refractivity contribution in [1.29, 1.82) is 0 Å². The fourth-order valence-electron chi connectivity index (χ4n) is 2.04. The van der Waals surface area contributed by atoms with Gasteiger partial charge >= 0.3 is 0 Å². The molecular formula is C15H22F2N2O2. The van der Waals surface area contributed by atoms with E-state index < -0.39 is 17.4 Å². The Morgan fingerprint density at radius 3 is 2.24 bits per heavy atom. The Balaban J connectivity index is 2.78. The van der Waals surface area contributed by atoms with Gasteiger partial charge in [-0.1, -0.05) is 0 Å². The summed E-state index contributed by atoms with van der Waals surface area (Å²) in [6.07, 6.45) is 0.368. The van der Waals surface area contributed by atoms with Crippen LogP contribution in [0, 0.1) is 11.6 Å². The summed E-state index contributed by atoms with van der Waals surface area (Å²) >= 11 is 0. The Kier molecular flexibility index (Phi) is 6.55. The highest BCUT2D eigenvalue weighted by atomic mass is 19.1. The molecule has 118 valence electrons. The molecule has 0 aliphatic rings. The normalized spacial score (nSPS) is 12.1. The van der Waals surface area contributed by atoms with Crippen LogP contribution in [0.1, 0.15) is 26.3 Å². The number of benzene rings is 1. The van der Waals surface area contributed by atoms with Crippen LogP contribution >= 0.6 is 0 Å². The van der Waals surface area contributed by atoms with Crippen molar-refractivity contribution in [2.45, 2.75) is 33.2 Å². The van der Waals surface area contributed by atoms with Crippen LogP contribution in [0.15, 0.2) is 12.1 Å². The average Bonchev–Trinajstić information content (AvgIpc) is 2.38. The first-order valence-corrected chi connectivity index (χ1v) is 7.03. The number of nitrogens with two attached hydrogens (primary N) is 1. The SMILES string of the molecule is CCN(CC)C(=O)COc1c(F)cc(CC(C)N)cc1F. The number of carbonyl (C=O) groups is 1. The van der Waals surface area contributed by atoms with Crippen molar-refractivity contribution in [1.82, 2.24) is 4.90 Å². The third-order valence-corrected chi connectivity index (χ3v) is 3.07. The van der Waals surface area contributed by atoms with Gasteiger partial charge in [-0.05, 0) is 44.9 Å². The van der Waals surface area contributed by atoms with Gasteiger partial charge in [-0.3, -0.25) is 4.79 Å². The minimum absolute atomic E-state index is 0.195. The number of carbonyl (C=O) groups excluding carboxylic acids is 1. The topological polar surface area (TPSA) is 55.6 Å². The molecule has 0 bridgehead atoms. The summed E-state index contributed by atoms with van der Waals surface area (Å²) in [6.45, 7) is 6.07. The van der Waals surface area contributed by atoms with Crippen LogP contribution in [0.25, 0.3) is 0 Å². The molecule has 0 aliphatic heterocycles. The van der Waals surface area contributed by atoms with E-state index in [4.69, 9.17) is 10.5 Å². The van der Waals surface area contributed by atoms with E-state index in [0.29, 0.717) is 25.1 Å². The van der Waals surface area contributed by atoms with Gasteiger partial charge in [0.2, 0.25) is 0 Å². The Morgan fingerprint density at radius 1 is 1.29 bits per heavy atom. The van der Waals surface area contributed by atoms with Gasteiger partial charge in [0.25, 0.3) is 5.91 Å². The molecule has 0 heterocycles. The molecule has 0 spiro atoms. The lowest BCUT2D eigenvalue weighted by molar-refractivity contribution is -0.133. The van der Waals surface area contributed by atoms with Gasteiger partial charge < -0.3 is 15.4 Å². The smallest absolute Gasteiger partial charge is 0.260 e. The molecule has 0 saturated heterocycles. The second kappa shape index (κ2) is 7.93. The lowest BCUT2D eigenvalue weighted by Gasteiger charge is -2.19. The second-order valence-corrected chi connectivity index (χ2v) is 4.92. The van der Waals surface area contributed by atoms with Gasteiger partial charge in [0.15, 0.2) is 24.0 Å². The molecule has 21 heavy (non-hydrogen) atoms. The molecule has 1 amide bonds. The molecule has 0 aliphatic carbocycles. The van der Waals surface area contributed by atoms with Gasteiger partial charge in [0.1, 0.15) is 0 Å². The third-order valence-electron chi connectivity index (χ3n) is 3.07. The molecule has 1 aromatic rings. The molecule has 0 fully saturated rings. The summed E-state index contributed by atoms with van der Waals surface area (Å²) < 4.78 is 32.7. The second-order valence-electron chi connectivity index (χ2n) is 4.92. The number of ether oxygens (including phenoxy) is 1. The number of hydrogen-bond donors (Lipinski definition) is 1. The van der Waals surface area contributed by atoms with Gasteiger partial charge in [-0.25, -0.2) is 8.78 Å². The monoisotopic (exact) mass is 300 g/mol. The van der Waals surface area contributed by atoms with Crippen LogP contribution in [-0.4, -0.2) is 36.5 Å². The standard InChI is InChI=1S/C15H22F2N2O2/c1-4-19(5-2)14(20)9-21-15-12(16)7-11(6-10(3)18)8-13(15)17/h7-8,10H,4-6,9,18H2,1-3H3. The van der Waals surface area contributed by atoms with Gasteiger partial charge in [-0.15, -0.1) is 0 Å². The zero-order chi connectivity index (χ0) is 16.0. The molecule has 0 radical (unpaired) electrons. The Bertz CT molecular complexity index is 466. The minimum atomic E-state index is -0.821. The average molecular weight is 300 g/mol. The van der Waals surface area contributed by atoms with E-state index in [1.54, 1.807) is 6.92 Å². The van der Waals surface area contributed by atoms with E-state index in [1.807, 2.05) is 13.8 Å². The molecule has 0 saturated carbocycles. The van der Waals surface area contributed by atoms with Gasteiger partial charge in [0, 0.05) is 19.1 Å². The summed E-state index contributed by atoms with van der Waals surface area (Å²) in [5, 5.41) is 0. The highest BCUT2D eigenvalue weighted by Crippen LogP contribution is 2.24. The van der Waals surface area contributed by atoms with Crippen LogP contribution in [0.3, 0.4) is 0 Å². The fourth-order valence-corrected chi connectivity index (χ4v) is 2.04.